The van der Waals surface area contributed by atoms with Crippen molar-refractivity contribution in [2.45, 2.75) is 33.2 Å². The minimum Gasteiger partial charge on any atom is -1.00 e. The molecule has 64 valence electrons. The number of nitrogens with zero attached hydrogens (tertiary/aromatic N) is 1. The second kappa shape index (κ2) is 4.67. The Labute approximate surface area is 64.0 Å². The van der Waals surface area contributed by atoms with Crippen LogP contribution in [-0.4, -0.2) is 31.2 Å². The molecule has 0 aromatic carbocycles. The van der Waals surface area contributed by atoms with Gasteiger partial charge >= 0.3 is 0 Å². The molecule has 0 unspecified atom stereocenters. The zero-order chi connectivity index (χ0) is 7.49. The number of quaternary nitrogens is 1. The van der Waals surface area contributed by atoms with Crippen LogP contribution in [-0.2, 0) is 0 Å². The summed E-state index contributed by atoms with van der Waals surface area (Å²) >= 11 is 0. The Kier molecular flexibility index (Phi) is 5.86. The quantitative estimate of drug-likeness (QED) is 0.446. The van der Waals surface area contributed by atoms with Gasteiger partial charge in [0.15, 0.2) is 0 Å². The second-order valence-corrected chi connectivity index (χ2v) is 3.60. The lowest BCUT2D eigenvalue weighted by Crippen LogP contribution is -3.00. The third kappa shape index (κ3) is 3.83. The van der Waals surface area contributed by atoms with Gasteiger partial charge in [-0.15, -0.1) is 0 Å². The first-order chi connectivity index (χ1) is 4.00. The highest BCUT2D eigenvalue weighted by atomic mass is 19.0. The summed E-state index contributed by atoms with van der Waals surface area (Å²) in [6.45, 7) is 8.07. The maximum atomic E-state index is 2.29. The molecule has 2 heteroatoms. The summed E-state index contributed by atoms with van der Waals surface area (Å²) in [5.41, 5.74) is 0. The Bertz CT molecular complexity index is 79.3. The lowest BCUT2D eigenvalue weighted by atomic mass is 10.2. The van der Waals surface area contributed by atoms with Gasteiger partial charge in [-0.1, -0.05) is 6.92 Å². The van der Waals surface area contributed by atoms with Crippen LogP contribution in [0.5, 0.6) is 0 Å². The molecule has 0 aliphatic carbocycles. The van der Waals surface area contributed by atoms with E-state index >= 15 is 0 Å². The SMILES string of the molecule is CCC[N+](C)(C)C(C)C.[F-]. The first-order valence-electron chi connectivity index (χ1n) is 3.83. The van der Waals surface area contributed by atoms with Crippen LogP contribution >= 0.6 is 0 Å². The predicted octanol–water partition coefficient (Wildman–Crippen LogP) is -1.11. The van der Waals surface area contributed by atoms with E-state index in [2.05, 4.69) is 34.9 Å². The van der Waals surface area contributed by atoms with Crippen LogP contribution in [0.1, 0.15) is 27.2 Å². The summed E-state index contributed by atoms with van der Waals surface area (Å²) in [6.07, 6.45) is 1.28. The van der Waals surface area contributed by atoms with Gasteiger partial charge in [0, 0.05) is 0 Å². The van der Waals surface area contributed by atoms with Gasteiger partial charge in [-0.2, -0.15) is 0 Å². The van der Waals surface area contributed by atoms with Crippen LogP contribution in [0.3, 0.4) is 0 Å². The molecule has 0 N–H and O–H groups in total. The fraction of sp³-hybridized carbons (Fsp3) is 1.00. The highest BCUT2D eigenvalue weighted by Gasteiger charge is 2.16. The van der Waals surface area contributed by atoms with Crippen molar-refractivity contribution in [1.29, 1.82) is 0 Å². The summed E-state index contributed by atoms with van der Waals surface area (Å²) in [5.74, 6) is 0. The first-order valence-corrected chi connectivity index (χ1v) is 3.83. The van der Waals surface area contributed by atoms with E-state index in [9.17, 15) is 0 Å². The molecular weight excluding hydrogens is 129 g/mol. The molecule has 0 atom stereocenters. The van der Waals surface area contributed by atoms with Gasteiger partial charge in [-0.3, -0.25) is 0 Å². The fourth-order valence-electron chi connectivity index (χ4n) is 0.835. The highest BCUT2D eigenvalue weighted by molar-refractivity contribution is 4.38. The average Bonchev–Trinajstić information content (AvgIpc) is 1.65. The number of halogens is 1. The van der Waals surface area contributed by atoms with Crippen molar-refractivity contribution in [2.24, 2.45) is 0 Å². The van der Waals surface area contributed by atoms with Crippen molar-refractivity contribution in [3.8, 4) is 0 Å². The van der Waals surface area contributed by atoms with Gasteiger partial charge < -0.3 is 9.19 Å². The van der Waals surface area contributed by atoms with Gasteiger partial charge in [-0.05, 0) is 20.3 Å². The predicted molar refractivity (Wildman–Crippen MR) is 42.4 cm³/mol. The number of rotatable bonds is 3. The Hall–Kier alpha value is -0.110. The molecule has 0 rings (SSSR count). The second-order valence-electron chi connectivity index (χ2n) is 3.60. The van der Waals surface area contributed by atoms with Crippen molar-refractivity contribution >= 4 is 0 Å². The lowest BCUT2D eigenvalue weighted by Gasteiger charge is -2.33. The third-order valence-corrected chi connectivity index (χ3v) is 2.20. The van der Waals surface area contributed by atoms with Gasteiger partial charge in [0.05, 0.1) is 26.7 Å². The van der Waals surface area contributed by atoms with Crippen LogP contribution in [0.15, 0.2) is 0 Å². The monoisotopic (exact) mass is 149 g/mol. The zero-order valence-corrected chi connectivity index (χ0v) is 7.82. The Morgan fingerprint density at radius 2 is 1.60 bits per heavy atom. The van der Waals surface area contributed by atoms with Crippen molar-refractivity contribution in [2.75, 3.05) is 20.6 Å². The zero-order valence-electron chi connectivity index (χ0n) is 7.82. The summed E-state index contributed by atoms with van der Waals surface area (Å²) < 4.78 is 1.15. The molecule has 1 nitrogen and oxygen atoms in total. The molecule has 0 amide bonds. The van der Waals surface area contributed by atoms with Gasteiger partial charge in [0.1, 0.15) is 0 Å². The van der Waals surface area contributed by atoms with Gasteiger partial charge in [-0.25, -0.2) is 0 Å². The summed E-state index contributed by atoms with van der Waals surface area (Å²) in [5, 5.41) is 0. The molecule has 0 aliphatic rings. The van der Waals surface area contributed by atoms with E-state index in [-0.39, 0.29) is 4.70 Å². The van der Waals surface area contributed by atoms with E-state index in [4.69, 9.17) is 0 Å². The van der Waals surface area contributed by atoms with Crippen molar-refractivity contribution in [1.82, 2.24) is 0 Å². The summed E-state index contributed by atoms with van der Waals surface area (Å²) in [6, 6.07) is 0.755. The van der Waals surface area contributed by atoms with E-state index in [1.807, 2.05) is 0 Å². The largest absolute Gasteiger partial charge is 1.00 e. The fourth-order valence-corrected chi connectivity index (χ4v) is 0.835. The molecule has 0 saturated carbocycles. The smallest absolute Gasteiger partial charge is 0.0829 e. The maximum absolute atomic E-state index is 2.29. The van der Waals surface area contributed by atoms with E-state index in [1.54, 1.807) is 0 Å². The maximum Gasteiger partial charge on any atom is 0.0829 e. The molecule has 0 saturated heterocycles. The third-order valence-electron chi connectivity index (χ3n) is 2.20. The first kappa shape index (κ1) is 12.6. The van der Waals surface area contributed by atoms with Gasteiger partial charge in [0.2, 0.25) is 0 Å². The standard InChI is InChI=1S/C8H20N.FH/c1-6-7-9(4,5)8(2)3;/h8H,6-7H2,1-5H3;1H/q+1;/p-1. The van der Waals surface area contributed by atoms with Crippen LogP contribution in [0.2, 0.25) is 0 Å². The van der Waals surface area contributed by atoms with Crippen LogP contribution in [0, 0.1) is 0 Å². The topological polar surface area (TPSA) is 0 Å². The number of hydrogen-bond donors (Lipinski definition) is 0. The molecule has 0 heterocycles. The molecule has 0 aromatic rings. The Morgan fingerprint density at radius 3 is 1.70 bits per heavy atom. The lowest BCUT2D eigenvalue weighted by molar-refractivity contribution is -0.911. The molecule has 0 aromatic heterocycles. The van der Waals surface area contributed by atoms with E-state index in [0.717, 1.165) is 10.5 Å². The minimum atomic E-state index is 0. The van der Waals surface area contributed by atoms with Crippen molar-refractivity contribution in [3.05, 3.63) is 0 Å². The molecule has 0 aliphatic heterocycles. The molecule has 0 bridgehead atoms. The van der Waals surface area contributed by atoms with E-state index < -0.39 is 0 Å². The Morgan fingerprint density at radius 1 is 1.20 bits per heavy atom. The van der Waals surface area contributed by atoms with Crippen molar-refractivity contribution in [3.63, 3.8) is 0 Å². The molecule has 0 fully saturated rings. The van der Waals surface area contributed by atoms with E-state index in [1.165, 1.54) is 13.0 Å². The van der Waals surface area contributed by atoms with Gasteiger partial charge in [0.25, 0.3) is 0 Å². The summed E-state index contributed by atoms with van der Waals surface area (Å²) in [4.78, 5) is 0. The molecule has 0 spiro atoms. The minimum absolute atomic E-state index is 0. The molecule has 0 radical (unpaired) electrons. The van der Waals surface area contributed by atoms with Crippen LogP contribution in [0.25, 0.3) is 0 Å². The highest BCUT2D eigenvalue weighted by Crippen LogP contribution is 2.05. The molecule has 10 heavy (non-hydrogen) atoms. The normalized spacial score (nSPS) is 11.4. The average molecular weight is 149 g/mol. The number of hydrogen-bond acceptors (Lipinski definition) is 0. The molecular formula is C8H20FN. The van der Waals surface area contributed by atoms with Crippen LogP contribution < -0.4 is 4.70 Å². The summed E-state index contributed by atoms with van der Waals surface area (Å²) in [7, 11) is 4.57. The van der Waals surface area contributed by atoms with Crippen molar-refractivity contribution < 1.29 is 9.19 Å². The van der Waals surface area contributed by atoms with Crippen LogP contribution in [0.4, 0.5) is 0 Å². The Balaban J connectivity index is 0. The van der Waals surface area contributed by atoms with E-state index in [0.29, 0.717) is 0 Å².